The molecule has 2 fully saturated rings. The average molecular weight is 283 g/mol. The third-order valence-electron chi connectivity index (χ3n) is 4.50. The Morgan fingerprint density at radius 2 is 1.71 bits per heavy atom. The number of fused-ring (bicyclic) bond motifs is 1. The molecule has 4 nitrogen and oxygen atoms in total. The van der Waals surface area contributed by atoms with Crippen LogP contribution in [0.3, 0.4) is 0 Å². The fraction of sp³-hybridized carbons (Fsp3) is 0.412. The first-order valence-corrected chi connectivity index (χ1v) is 7.00. The molecule has 2 amide bonds. The molecule has 1 N–H and O–H groups in total. The first-order valence-electron chi connectivity index (χ1n) is 7.00. The first-order chi connectivity index (χ1) is 9.96. The molecule has 0 radical (unpaired) electrons. The Hall–Kier alpha value is -2.12. The molecule has 1 aromatic rings. The highest BCUT2D eigenvalue weighted by molar-refractivity contribution is 6.10. The zero-order valence-electron chi connectivity index (χ0n) is 12.1. The molecule has 1 saturated carbocycles. The molecule has 4 heteroatoms. The van der Waals surface area contributed by atoms with Gasteiger partial charge in [-0.15, -0.1) is 0 Å². The molecule has 0 spiro atoms. The van der Waals surface area contributed by atoms with E-state index in [-0.39, 0.29) is 35.7 Å². The lowest BCUT2D eigenvalue weighted by atomic mass is 10.0. The van der Waals surface area contributed by atoms with Crippen LogP contribution in [-0.2, 0) is 16.1 Å². The monoisotopic (exact) mass is 283 g/mol. The Labute approximate surface area is 123 Å². The molecule has 1 saturated heterocycles. The van der Waals surface area contributed by atoms with Gasteiger partial charge in [0.05, 0.1) is 18.4 Å². The predicted octanol–water partition coefficient (Wildman–Crippen LogP) is 1.17. The third kappa shape index (κ3) is 2.14. The summed E-state index contributed by atoms with van der Waals surface area (Å²) in [6.45, 7) is 4.11. The van der Waals surface area contributed by atoms with Crippen LogP contribution < -0.4 is 0 Å². The molecule has 0 aromatic heterocycles. The summed E-state index contributed by atoms with van der Waals surface area (Å²) in [4.78, 5) is 25.9. The second kappa shape index (κ2) is 4.71. The Kier molecular flexibility index (Phi) is 3.11. The van der Waals surface area contributed by atoms with Gasteiger partial charge in [0.1, 0.15) is 6.61 Å². The van der Waals surface area contributed by atoms with Gasteiger partial charge in [0.15, 0.2) is 0 Å². The van der Waals surface area contributed by atoms with E-state index in [1.165, 1.54) is 4.90 Å². The standard InChI is InChI=1S/C17H17NO3/c1-17(2)13-14(17)16(21)18(15(13)20)10-12-7-5-11(6-8-12)4-3-9-19/h5-8,13-14,19H,9-10H2,1-2H3. The van der Waals surface area contributed by atoms with E-state index in [0.29, 0.717) is 6.54 Å². The van der Waals surface area contributed by atoms with E-state index < -0.39 is 0 Å². The number of amides is 2. The van der Waals surface area contributed by atoms with Gasteiger partial charge in [-0.05, 0) is 23.1 Å². The van der Waals surface area contributed by atoms with Crippen LogP contribution in [0.25, 0.3) is 0 Å². The van der Waals surface area contributed by atoms with Crippen molar-refractivity contribution in [3.8, 4) is 11.8 Å². The van der Waals surface area contributed by atoms with Gasteiger partial charge in [-0.3, -0.25) is 14.5 Å². The highest BCUT2D eigenvalue weighted by Crippen LogP contribution is 2.63. The van der Waals surface area contributed by atoms with E-state index in [0.717, 1.165) is 11.1 Å². The van der Waals surface area contributed by atoms with Gasteiger partial charge in [-0.1, -0.05) is 37.8 Å². The van der Waals surface area contributed by atoms with E-state index >= 15 is 0 Å². The number of carbonyl (C=O) groups excluding carboxylic acids is 2. The number of hydrogen-bond acceptors (Lipinski definition) is 3. The van der Waals surface area contributed by atoms with Gasteiger partial charge in [0, 0.05) is 5.56 Å². The largest absolute Gasteiger partial charge is 0.384 e. The molecule has 21 heavy (non-hydrogen) atoms. The molecule has 1 aliphatic carbocycles. The number of hydrogen-bond donors (Lipinski definition) is 1. The number of benzene rings is 1. The number of carbonyl (C=O) groups is 2. The summed E-state index contributed by atoms with van der Waals surface area (Å²) >= 11 is 0. The van der Waals surface area contributed by atoms with E-state index in [1.54, 1.807) is 0 Å². The zero-order chi connectivity index (χ0) is 15.2. The summed E-state index contributed by atoms with van der Waals surface area (Å²) < 4.78 is 0. The topological polar surface area (TPSA) is 57.6 Å². The minimum absolute atomic E-state index is 0.0425. The number of aliphatic hydroxyl groups is 1. The van der Waals surface area contributed by atoms with Crippen LogP contribution in [-0.4, -0.2) is 28.4 Å². The lowest BCUT2D eigenvalue weighted by molar-refractivity contribution is -0.143. The fourth-order valence-electron chi connectivity index (χ4n) is 3.18. The molecule has 1 aliphatic heterocycles. The maximum absolute atomic E-state index is 12.2. The van der Waals surface area contributed by atoms with Gasteiger partial charge in [0.25, 0.3) is 0 Å². The summed E-state index contributed by atoms with van der Waals surface area (Å²) in [7, 11) is 0. The van der Waals surface area contributed by atoms with Crippen molar-refractivity contribution in [2.75, 3.05) is 6.61 Å². The first kappa shape index (κ1) is 13.8. The normalized spacial score (nSPS) is 25.4. The average Bonchev–Trinajstić information content (AvgIpc) is 2.94. The van der Waals surface area contributed by atoms with Gasteiger partial charge < -0.3 is 5.11 Å². The smallest absolute Gasteiger partial charge is 0.233 e. The minimum atomic E-state index is -0.170. The van der Waals surface area contributed by atoms with E-state index in [1.807, 2.05) is 38.1 Å². The molecule has 0 bridgehead atoms. The van der Waals surface area contributed by atoms with Gasteiger partial charge in [-0.2, -0.15) is 0 Å². The lowest BCUT2D eigenvalue weighted by Crippen LogP contribution is -2.35. The van der Waals surface area contributed by atoms with Crippen LogP contribution >= 0.6 is 0 Å². The van der Waals surface area contributed by atoms with Crippen molar-refractivity contribution < 1.29 is 14.7 Å². The molecule has 2 aliphatic rings. The van der Waals surface area contributed by atoms with Gasteiger partial charge >= 0.3 is 0 Å². The van der Waals surface area contributed by atoms with Crippen LogP contribution in [0.2, 0.25) is 0 Å². The van der Waals surface area contributed by atoms with E-state index in [2.05, 4.69) is 11.8 Å². The van der Waals surface area contributed by atoms with E-state index in [4.69, 9.17) is 5.11 Å². The van der Waals surface area contributed by atoms with Crippen molar-refractivity contribution in [2.45, 2.75) is 20.4 Å². The predicted molar refractivity (Wildman–Crippen MR) is 76.7 cm³/mol. The molecule has 2 unspecified atom stereocenters. The molecule has 1 heterocycles. The molecule has 1 aromatic carbocycles. The number of likely N-dealkylation sites (tertiary alicyclic amines) is 1. The summed E-state index contributed by atoms with van der Waals surface area (Å²) in [6.07, 6.45) is 0. The Morgan fingerprint density at radius 3 is 2.24 bits per heavy atom. The number of piperidine rings is 1. The second-order valence-corrected chi connectivity index (χ2v) is 6.20. The maximum Gasteiger partial charge on any atom is 0.233 e. The number of aliphatic hydroxyl groups excluding tert-OH is 1. The molecular formula is C17H17NO3. The highest BCUT2D eigenvalue weighted by Gasteiger charge is 2.72. The van der Waals surface area contributed by atoms with Crippen LogP contribution in [0.4, 0.5) is 0 Å². The molecule has 108 valence electrons. The van der Waals surface area contributed by atoms with Gasteiger partial charge in [0.2, 0.25) is 11.8 Å². The van der Waals surface area contributed by atoms with E-state index in [9.17, 15) is 9.59 Å². The maximum atomic E-state index is 12.2. The van der Waals surface area contributed by atoms with Crippen molar-refractivity contribution in [1.29, 1.82) is 0 Å². The third-order valence-corrected chi connectivity index (χ3v) is 4.50. The summed E-state index contributed by atoms with van der Waals surface area (Å²) in [5.74, 6) is 5.05. The Bertz CT molecular complexity index is 640. The number of imide groups is 1. The fourth-order valence-corrected chi connectivity index (χ4v) is 3.18. The van der Waals surface area contributed by atoms with Crippen LogP contribution in [0.15, 0.2) is 24.3 Å². The van der Waals surface area contributed by atoms with Crippen LogP contribution in [0.1, 0.15) is 25.0 Å². The van der Waals surface area contributed by atoms with Crippen molar-refractivity contribution >= 4 is 11.8 Å². The van der Waals surface area contributed by atoms with Crippen molar-refractivity contribution in [3.63, 3.8) is 0 Å². The van der Waals surface area contributed by atoms with Gasteiger partial charge in [-0.25, -0.2) is 0 Å². The lowest BCUT2D eigenvalue weighted by Gasteiger charge is -2.20. The highest BCUT2D eigenvalue weighted by atomic mass is 16.2. The number of nitrogens with zero attached hydrogens (tertiary/aromatic N) is 1. The summed E-state index contributed by atoms with van der Waals surface area (Å²) in [6, 6.07) is 7.37. The minimum Gasteiger partial charge on any atom is -0.384 e. The SMILES string of the molecule is CC1(C)C2C(=O)N(Cc3ccc(C#CCO)cc3)C(=O)C21. The van der Waals surface area contributed by atoms with Crippen LogP contribution in [0, 0.1) is 29.1 Å². The molecular weight excluding hydrogens is 266 g/mol. The summed E-state index contributed by atoms with van der Waals surface area (Å²) in [5, 5.41) is 8.65. The zero-order valence-corrected chi connectivity index (χ0v) is 12.1. The van der Waals surface area contributed by atoms with Crippen molar-refractivity contribution in [3.05, 3.63) is 35.4 Å². The quantitative estimate of drug-likeness (QED) is 0.655. The molecule has 3 rings (SSSR count). The van der Waals surface area contributed by atoms with Crippen LogP contribution in [0.5, 0.6) is 0 Å². The Balaban J connectivity index is 1.71. The second-order valence-electron chi connectivity index (χ2n) is 6.20. The molecule has 2 atom stereocenters. The number of rotatable bonds is 2. The summed E-state index contributed by atoms with van der Waals surface area (Å²) in [5.41, 5.74) is 1.55. The van der Waals surface area contributed by atoms with Crippen molar-refractivity contribution in [1.82, 2.24) is 4.90 Å². The Morgan fingerprint density at radius 1 is 1.14 bits per heavy atom. The van der Waals surface area contributed by atoms with Crippen molar-refractivity contribution in [2.24, 2.45) is 17.3 Å².